The maximum atomic E-state index is 10.1. The number of aromatic nitrogens is 2. The van der Waals surface area contributed by atoms with Crippen molar-refractivity contribution in [3.05, 3.63) is 53.3 Å². The van der Waals surface area contributed by atoms with E-state index in [-0.39, 0.29) is 5.75 Å². The minimum absolute atomic E-state index is 0.176. The van der Waals surface area contributed by atoms with Gasteiger partial charge in [-0.3, -0.25) is 0 Å². The van der Waals surface area contributed by atoms with Gasteiger partial charge in [0.2, 0.25) is 0 Å². The fourth-order valence-corrected chi connectivity index (χ4v) is 2.76. The molecular formula is C19H18N2O3S. The number of phenolic OH excluding ortho intramolecular Hbond substituents is 1. The fraction of sp³-hybridized carbons (Fsp3) is 0.158. The van der Waals surface area contributed by atoms with Gasteiger partial charge in [0.05, 0.1) is 25.1 Å². The topological polar surface area (TPSA) is 67.4 Å². The summed E-state index contributed by atoms with van der Waals surface area (Å²) in [7, 11) is 1.60. The summed E-state index contributed by atoms with van der Waals surface area (Å²) >= 11 is 5.25. The number of rotatable bonds is 5. The Morgan fingerprint density at radius 2 is 1.92 bits per heavy atom. The quantitative estimate of drug-likeness (QED) is 0.656. The van der Waals surface area contributed by atoms with E-state index in [4.69, 9.17) is 21.7 Å². The number of para-hydroxylation sites is 1. The SMILES string of the molecule is CCOc1ccc(-c2cc(-c3ccccc3O)[nH]c(=S)n2)cc1OC. The molecule has 0 aliphatic rings. The van der Waals surface area contributed by atoms with Gasteiger partial charge in [0.25, 0.3) is 0 Å². The molecule has 25 heavy (non-hydrogen) atoms. The van der Waals surface area contributed by atoms with E-state index >= 15 is 0 Å². The van der Waals surface area contributed by atoms with Gasteiger partial charge in [-0.05, 0) is 55.5 Å². The molecule has 0 amide bonds. The Hall–Kier alpha value is -2.86. The molecule has 2 N–H and O–H groups in total. The van der Waals surface area contributed by atoms with Crippen molar-refractivity contribution in [3.8, 4) is 39.8 Å². The fourth-order valence-electron chi connectivity index (χ4n) is 2.55. The number of ether oxygens (including phenoxy) is 2. The second-order valence-corrected chi connectivity index (χ2v) is 5.69. The first-order valence-electron chi connectivity index (χ1n) is 7.83. The third kappa shape index (κ3) is 3.64. The Morgan fingerprint density at radius 1 is 1.12 bits per heavy atom. The van der Waals surface area contributed by atoms with Gasteiger partial charge in [0.15, 0.2) is 16.3 Å². The molecule has 0 atom stereocenters. The number of nitrogens with zero attached hydrogens (tertiary/aromatic N) is 1. The van der Waals surface area contributed by atoms with Crippen LogP contribution in [0.2, 0.25) is 0 Å². The molecule has 3 rings (SSSR count). The van der Waals surface area contributed by atoms with Crippen molar-refractivity contribution in [3.63, 3.8) is 0 Å². The molecule has 1 heterocycles. The molecule has 0 aliphatic carbocycles. The van der Waals surface area contributed by atoms with Crippen molar-refractivity contribution in [1.29, 1.82) is 0 Å². The lowest BCUT2D eigenvalue weighted by Crippen LogP contribution is -1.96. The number of H-pyrrole nitrogens is 1. The molecule has 0 saturated carbocycles. The van der Waals surface area contributed by atoms with Gasteiger partial charge in [-0.1, -0.05) is 12.1 Å². The van der Waals surface area contributed by atoms with Crippen LogP contribution in [0, 0.1) is 4.77 Å². The summed E-state index contributed by atoms with van der Waals surface area (Å²) in [4.78, 5) is 7.41. The third-order valence-electron chi connectivity index (χ3n) is 3.70. The summed E-state index contributed by atoms with van der Waals surface area (Å²) in [5.41, 5.74) is 2.89. The van der Waals surface area contributed by atoms with Crippen molar-refractivity contribution >= 4 is 12.2 Å². The highest BCUT2D eigenvalue weighted by Crippen LogP contribution is 2.34. The summed E-state index contributed by atoms with van der Waals surface area (Å²) in [5, 5.41) is 10.1. The van der Waals surface area contributed by atoms with Gasteiger partial charge < -0.3 is 19.6 Å². The number of hydrogen-bond donors (Lipinski definition) is 2. The van der Waals surface area contributed by atoms with Crippen LogP contribution >= 0.6 is 12.2 Å². The predicted molar refractivity (Wildman–Crippen MR) is 99.7 cm³/mol. The van der Waals surface area contributed by atoms with Crippen LogP contribution in [0.25, 0.3) is 22.5 Å². The predicted octanol–water partition coefficient (Wildman–Crippen LogP) is 4.59. The van der Waals surface area contributed by atoms with Gasteiger partial charge in [-0.2, -0.15) is 0 Å². The molecule has 2 aromatic carbocycles. The summed E-state index contributed by atoms with van der Waals surface area (Å²) in [6, 6.07) is 14.5. The summed E-state index contributed by atoms with van der Waals surface area (Å²) in [6.45, 7) is 2.48. The van der Waals surface area contributed by atoms with E-state index in [1.54, 1.807) is 19.2 Å². The van der Waals surface area contributed by atoms with Crippen LogP contribution < -0.4 is 9.47 Å². The van der Waals surface area contributed by atoms with Crippen molar-refractivity contribution in [2.75, 3.05) is 13.7 Å². The van der Waals surface area contributed by atoms with Crippen molar-refractivity contribution in [2.24, 2.45) is 0 Å². The number of nitrogens with one attached hydrogen (secondary N) is 1. The zero-order valence-corrected chi connectivity index (χ0v) is 14.8. The number of aromatic amines is 1. The van der Waals surface area contributed by atoms with E-state index in [0.29, 0.717) is 39.8 Å². The van der Waals surface area contributed by atoms with Crippen molar-refractivity contribution < 1.29 is 14.6 Å². The smallest absolute Gasteiger partial charge is 0.197 e. The Bertz CT molecular complexity index is 953. The monoisotopic (exact) mass is 354 g/mol. The first-order chi connectivity index (χ1) is 12.1. The molecule has 0 fully saturated rings. The molecule has 6 heteroatoms. The Kier molecular flexibility index (Phi) is 5.00. The summed E-state index contributed by atoms with van der Waals surface area (Å²) in [5.74, 6) is 1.48. The minimum atomic E-state index is 0.176. The molecule has 5 nitrogen and oxygen atoms in total. The van der Waals surface area contributed by atoms with Crippen molar-refractivity contribution in [2.45, 2.75) is 6.92 Å². The van der Waals surface area contributed by atoms with Gasteiger partial charge in [0.1, 0.15) is 5.75 Å². The van der Waals surface area contributed by atoms with Gasteiger partial charge in [0, 0.05) is 11.1 Å². The lowest BCUT2D eigenvalue weighted by atomic mass is 10.1. The Balaban J connectivity index is 2.10. The first-order valence-corrected chi connectivity index (χ1v) is 8.24. The normalized spacial score (nSPS) is 10.5. The molecule has 1 aromatic heterocycles. The molecule has 0 saturated heterocycles. The molecule has 0 spiro atoms. The van der Waals surface area contributed by atoms with Crippen LogP contribution in [0.4, 0.5) is 0 Å². The van der Waals surface area contributed by atoms with E-state index < -0.39 is 0 Å². The summed E-state index contributed by atoms with van der Waals surface area (Å²) < 4.78 is 11.3. The van der Waals surface area contributed by atoms with Gasteiger partial charge in [-0.15, -0.1) is 0 Å². The number of aromatic hydroxyl groups is 1. The Labute approximate surface area is 150 Å². The second kappa shape index (κ2) is 7.36. The largest absolute Gasteiger partial charge is 0.507 e. The highest BCUT2D eigenvalue weighted by molar-refractivity contribution is 7.71. The van der Waals surface area contributed by atoms with Gasteiger partial charge in [-0.25, -0.2) is 4.98 Å². The van der Waals surface area contributed by atoms with E-state index in [0.717, 1.165) is 5.56 Å². The summed E-state index contributed by atoms with van der Waals surface area (Å²) in [6.07, 6.45) is 0. The Morgan fingerprint density at radius 3 is 2.64 bits per heavy atom. The van der Waals surface area contributed by atoms with Crippen LogP contribution in [0.3, 0.4) is 0 Å². The maximum absolute atomic E-state index is 10.1. The molecule has 0 unspecified atom stereocenters. The number of phenols is 1. The van der Waals surface area contributed by atoms with Crippen LogP contribution in [0.1, 0.15) is 6.92 Å². The molecule has 0 aliphatic heterocycles. The lowest BCUT2D eigenvalue weighted by molar-refractivity contribution is 0.311. The second-order valence-electron chi connectivity index (χ2n) is 5.30. The highest BCUT2D eigenvalue weighted by Gasteiger charge is 2.11. The minimum Gasteiger partial charge on any atom is -0.507 e. The first kappa shape index (κ1) is 17.0. The third-order valence-corrected chi connectivity index (χ3v) is 3.89. The van der Waals surface area contributed by atoms with Crippen LogP contribution in [-0.4, -0.2) is 28.8 Å². The number of benzene rings is 2. The molecule has 128 valence electrons. The van der Waals surface area contributed by atoms with Crippen LogP contribution in [0.15, 0.2) is 48.5 Å². The number of hydrogen-bond acceptors (Lipinski definition) is 5. The zero-order chi connectivity index (χ0) is 17.8. The molecule has 3 aromatic rings. The highest BCUT2D eigenvalue weighted by atomic mass is 32.1. The van der Waals surface area contributed by atoms with Gasteiger partial charge >= 0.3 is 0 Å². The molecule has 0 radical (unpaired) electrons. The lowest BCUT2D eigenvalue weighted by Gasteiger charge is -2.11. The maximum Gasteiger partial charge on any atom is 0.197 e. The van der Waals surface area contributed by atoms with E-state index in [2.05, 4.69) is 9.97 Å². The van der Waals surface area contributed by atoms with Crippen molar-refractivity contribution in [1.82, 2.24) is 9.97 Å². The van der Waals surface area contributed by atoms with E-state index in [1.807, 2.05) is 43.3 Å². The van der Waals surface area contributed by atoms with Crippen LogP contribution in [0.5, 0.6) is 17.2 Å². The average Bonchev–Trinajstić information content (AvgIpc) is 2.62. The molecular weight excluding hydrogens is 336 g/mol. The van der Waals surface area contributed by atoms with E-state index in [1.165, 1.54) is 0 Å². The zero-order valence-electron chi connectivity index (χ0n) is 13.9. The van der Waals surface area contributed by atoms with E-state index in [9.17, 15) is 5.11 Å². The average molecular weight is 354 g/mol. The standard InChI is InChI=1S/C19H18N2O3S/c1-3-24-17-9-8-12(10-18(17)23-2)14-11-15(21-19(25)20-14)13-6-4-5-7-16(13)22/h4-11,22H,3H2,1-2H3,(H,20,21,25). The molecule has 0 bridgehead atoms. The number of methoxy groups -OCH3 is 1. The van der Waals surface area contributed by atoms with Crippen LogP contribution in [-0.2, 0) is 0 Å².